The molecule has 1 aromatic carbocycles. The van der Waals surface area contributed by atoms with Crippen LogP contribution in [0.1, 0.15) is 29.6 Å². The van der Waals surface area contributed by atoms with Gasteiger partial charge >= 0.3 is 0 Å². The molecule has 25 heavy (non-hydrogen) atoms. The standard InChI is InChI=1S/C19H22ClNO4/c1-5-24-17-10-14(9-16(20)19(17)23-4)6-7-18(22)21-11-15-8-12(2)25-13(15)3/h6-10H,5,11H2,1-4H3,(H,21,22)/b7-6+. The largest absolute Gasteiger partial charge is 0.491 e. The fourth-order valence-electron chi connectivity index (χ4n) is 2.42. The average Bonchev–Trinajstić information content (AvgIpc) is 2.88. The van der Waals surface area contributed by atoms with Gasteiger partial charge in [-0.2, -0.15) is 0 Å². The molecule has 0 aliphatic rings. The van der Waals surface area contributed by atoms with Gasteiger partial charge in [0.05, 0.1) is 18.7 Å². The lowest BCUT2D eigenvalue weighted by molar-refractivity contribution is -0.116. The first-order valence-corrected chi connectivity index (χ1v) is 8.34. The Bertz CT molecular complexity index is 780. The van der Waals surface area contributed by atoms with Crippen molar-refractivity contribution in [3.05, 3.63) is 51.9 Å². The van der Waals surface area contributed by atoms with Gasteiger partial charge in [0.15, 0.2) is 11.5 Å². The van der Waals surface area contributed by atoms with E-state index in [2.05, 4.69) is 5.32 Å². The maximum atomic E-state index is 12.0. The molecule has 134 valence electrons. The molecule has 0 atom stereocenters. The number of halogens is 1. The third-order valence-electron chi connectivity index (χ3n) is 3.56. The first kappa shape index (κ1) is 18.9. The predicted molar refractivity (Wildman–Crippen MR) is 98.2 cm³/mol. The van der Waals surface area contributed by atoms with Crippen LogP contribution in [0.15, 0.2) is 28.7 Å². The van der Waals surface area contributed by atoms with E-state index in [1.807, 2.05) is 26.8 Å². The third kappa shape index (κ3) is 5.03. The molecule has 0 fully saturated rings. The minimum atomic E-state index is -0.205. The van der Waals surface area contributed by atoms with E-state index >= 15 is 0 Å². The molecule has 1 N–H and O–H groups in total. The number of rotatable bonds is 7. The molecule has 0 aliphatic heterocycles. The minimum absolute atomic E-state index is 0.205. The lowest BCUT2D eigenvalue weighted by atomic mass is 10.2. The van der Waals surface area contributed by atoms with Gasteiger partial charge in [-0.15, -0.1) is 0 Å². The van der Waals surface area contributed by atoms with E-state index in [0.29, 0.717) is 29.7 Å². The van der Waals surface area contributed by atoms with Gasteiger partial charge in [0, 0.05) is 18.2 Å². The van der Waals surface area contributed by atoms with Crippen molar-refractivity contribution in [3.63, 3.8) is 0 Å². The number of hydrogen-bond donors (Lipinski definition) is 1. The molecule has 0 spiro atoms. The van der Waals surface area contributed by atoms with Crippen molar-refractivity contribution >= 4 is 23.6 Å². The van der Waals surface area contributed by atoms with E-state index in [9.17, 15) is 4.79 Å². The van der Waals surface area contributed by atoms with Gasteiger partial charge in [0.2, 0.25) is 5.91 Å². The molecule has 0 bridgehead atoms. The smallest absolute Gasteiger partial charge is 0.244 e. The Balaban J connectivity index is 2.05. The number of amides is 1. The Hall–Kier alpha value is -2.40. The number of hydrogen-bond acceptors (Lipinski definition) is 4. The molecule has 0 saturated heterocycles. The summed E-state index contributed by atoms with van der Waals surface area (Å²) in [5, 5.41) is 3.25. The Labute approximate surface area is 152 Å². The summed E-state index contributed by atoms with van der Waals surface area (Å²) in [4.78, 5) is 12.0. The predicted octanol–water partition coefficient (Wildman–Crippen LogP) is 4.29. The van der Waals surface area contributed by atoms with Crippen molar-refractivity contribution in [3.8, 4) is 11.5 Å². The van der Waals surface area contributed by atoms with Crippen LogP contribution >= 0.6 is 11.6 Å². The zero-order valence-corrected chi connectivity index (χ0v) is 15.6. The van der Waals surface area contributed by atoms with Crippen LogP contribution in [-0.4, -0.2) is 19.6 Å². The number of ether oxygens (including phenoxy) is 2. The van der Waals surface area contributed by atoms with Gasteiger partial charge < -0.3 is 19.2 Å². The first-order valence-electron chi connectivity index (χ1n) is 7.96. The second-order valence-electron chi connectivity index (χ2n) is 5.46. The van der Waals surface area contributed by atoms with Gasteiger partial charge in [0.25, 0.3) is 0 Å². The van der Waals surface area contributed by atoms with E-state index < -0.39 is 0 Å². The van der Waals surface area contributed by atoms with Crippen molar-refractivity contribution in [1.82, 2.24) is 5.32 Å². The quantitative estimate of drug-likeness (QED) is 0.745. The number of furan rings is 1. The summed E-state index contributed by atoms with van der Waals surface area (Å²) in [6.45, 7) is 6.53. The molecule has 1 aromatic heterocycles. The number of nitrogens with one attached hydrogen (secondary N) is 1. The van der Waals surface area contributed by atoms with E-state index in [4.69, 9.17) is 25.5 Å². The molecule has 5 nitrogen and oxygen atoms in total. The number of benzene rings is 1. The number of carbonyl (C=O) groups is 1. The molecule has 2 rings (SSSR count). The average molecular weight is 364 g/mol. The summed E-state index contributed by atoms with van der Waals surface area (Å²) in [6.07, 6.45) is 3.13. The number of aryl methyl sites for hydroxylation is 2. The molecule has 0 aliphatic carbocycles. The molecule has 0 radical (unpaired) electrons. The molecule has 0 saturated carbocycles. The zero-order valence-electron chi connectivity index (χ0n) is 14.8. The van der Waals surface area contributed by atoms with Crippen molar-refractivity contribution in [2.75, 3.05) is 13.7 Å². The Kier molecular flexibility index (Phi) is 6.53. The molecule has 1 heterocycles. The summed E-state index contributed by atoms with van der Waals surface area (Å²) >= 11 is 6.20. The minimum Gasteiger partial charge on any atom is -0.491 e. The summed E-state index contributed by atoms with van der Waals surface area (Å²) in [5.41, 5.74) is 1.71. The topological polar surface area (TPSA) is 60.7 Å². The van der Waals surface area contributed by atoms with Crippen LogP contribution in [0.3, 0.4) is 0 Å². The lowest BCUT2D eigenvalue weighted by Crippen LogP contribution is -2.20. The van der Waals surface area contributed by atoms with Crippen LogP contribution < -0.4 is 14.8 Å². The van der Waals surface area contributed by atoms with Crippen molar-refractivity contribution in [2.24, 2.45) is 0 Å². The Morgan fingerprint density at radius 2 is 2.08 bits per heavy atom. The number of methoxy groups -OCH3 is 1. The van der Waals surface area contributed by atoms with Crippen molar-refractivity contribution < 1.29 is 18.7 Å². The molecule has 0 unspecified atom stereocenters. The molecular weight excluding hydrogens is 342 g/mol. The summed E-state index contributed by atoms with van der Waals surface area (Å²) < 4.78 is 16.2. The third-order valence-corrected chi connectivity index (χ3v) is 3.84. The Morgan fingerprint density at radius 1 is 1.32 bits per heavy atom. The second kappa shape index (κ2) is 8.62. The zero-order chi connectivity index (χ0) is 18.4. The van der Waals surface area contributed by atoms with Crippen molar-refractivity contribution in [1.29, 1.82) is 0 Å². The maximum Gasteiger partial charge on any atom is 0.244 e. The van der Waals surface area contributed by atoms with Gasteiger partial charge in [0.1, 0.15) is 11.5 Å². The van der Waals surface area contributed by atoms with Gasteiger partial charge in [-0.3, -0.25) is 4.79 Å². The van der Waals surface area contributed by atoms with Gasteiger partial charge in [-0.05, 0) is 50.6 Å². The highest BCUT2D eigenvalue weighted by atomic mass is 35.5. The summed E-state index contributed by atoms with van der Waals surface area (Å²) in [7, 11) is 1.53. The normalized spacial score (nSPS) is 10.9. The van der Waals surface area contributed by atoms with E-state index in [-0.39, 0.29) is 5.91 Å². The maximum absolute atomic E-state index is 12.0. The fraction of sp³-hybridized carbons (Fsp3) is 0.316. The van der Waals surface area contributed by atoms with E-state index in [1.165, 1.54) is 13.2 Å². The highest BCUT2D eigenvalue weighted by Gasteiger charge is 2.11. The first-order chi connectivity index (χ1) is 11.9. The van der Waals surface area contributed by atoms with Gasteiger partial charge in [-0.1, -0.05) is 11.6 Å². The molecular formula is C19H22ClNO4. The van der Waals surface area contributed by atoms with Crippen LogP contribution in [0, 0.1) is 13.8 Å². The second-order valence-corrected chi connectivity index (χ2v) is 5.86. The lowest BCUT2D eigenvalue weighted by Gasteiger charge is -2.11. The molecule has 2 aromatic rings. The number of carbonyl (C=O) groups excluding carboxylic acids is 1. The van der Waals surface area contributed by atoms with Crippen LogP contribution in [0.5, 0.6) is 11.5 Å². The molecule has 1 amide bonds. The van der Waals surface area contributed by atoms with Crippen LogP contribution in [0.2, 0.25) is 5.02 Å². The monoisotopic (exact) mass is 363 g/mol. The molecule has 6 heteroatoms. The summed E-state index contributed by atoms with van der Waals surface area (Å²) in [6, 6.07) is 5.41. The van der Waals surface area contributed by atoms with E-state index in [0.717, 1.165) is 22.6 Å². The summed E-state index contributed by atoms with van der Waals surface area (Å²) in [5.74, 6) is 2.46. The fourth-order valence-corrected chi connectivity index (χ4v) is 2.71. The van der Waals surface area contributed by atoms with E-state index in [1.54, 1.807) is 18.2 Å². The van der Waals surface area contributed by atoms with Crippen LogP contribution in [0.4, 0.5) is 0 Å². The highest BCUT2D eigenvalue weighted by Crippen LogP contribution is 2.36. The SMILES string of the molecule is CCOc1cc(/C=C/C(=O)NCc2cc(C)oc2C)cc(Cl)c1OC. The Morgan fingerprint density at radius 3 is 2.68 bits per heavy atom. The highest BCUT2D eigenvalue weighted by molar-refractivity contribution is 6.32. The van der Waals surface area contributed by atoms with Gasteiger partial charge in [-0.25, -0.2) is 0 Å². The van der Waals surface area contributed by atoms with Crippen molar-refractivity contribution in [2.45, 2.75) is 27.3 Å². The van der Waals surface area contributed by atoms with Crippen LogP contribution in [0.25, 0.3) is 6.08 Å². The van der Waals surface area contributed by atoms with Crippen LogP contribution in [-0.2, 0) is 11.3 Å².